The number of aliphatic carboxylic acids is 2. The van der Waals surface area contributed by atoms with Gasteiger partial charge in [0.1, 0.15) is 18.9 Å². The van der Waals surface area contributed by atoms with Gasteiger partial charge in [0.25, 0.3) is 5.91 Å². The lowest BCUT2D eigenvalue weighted by Crippen LogP contribution is -2.39. The van der Waals surface area contributed by atoms with E-state index in [2.05, 4.69) is 15.9 Å². The molecule has 19 heavy (non-hydrogen) atoms. The third-order valence-corrected chi connectivity index (χ3v) is 2.59. The molecule has 0 atom stereocenters. The van der Waals surface area contributed by atoms with E-state index >= 15 is 0 Å². The SMILES string of the molecule is O=C(O)CN(CC(=O)O)C(=O)c1ccc(Br)cc1F. The maximum Gasteiger partial charge on any atom is 0.323 e. The third kappa shape index (κ3) is 4.32. The van der Waals surface area contributed by atoms with Crippen LogP contribution >= 0.6 is 15.9 Å². The quantitative estimate of drug-likeness (QED) is 0.844. The molecule has 0 spiro atoms. The molecule has 1 amide bonds. The van der Waals surface area contributed by atoms with E-state index in [1.54, 1.807) is 0 Å². The number of amides is 1. The molecule has 0 unspecified atom stereocenters. The zero-order valence-corrected chi connectivity index (χ0v) is 11.1. The molecule has 0 aliphatic heterocycles. The average molecular weight is 334 g/mol. The molecule has 0 radical (unpaired) electrons. The van der Waals surface area contributed by atoms with Crippen LogP contribution in [0.3, 0.4) is 0 Å². The molecule has 8 heteroatoms. The summed E-state index contributed by atoms with van der Waals surface area (Å²) >= 11 is 3.01. The first kappa shape index (κ1) is 15.1. The number of hydrogen-bond acceptors (Lipinski definition) is 3. The number of benzene rings is 1. The molecular weight excluding hydrogens is 325 g/mol. The minimum absolute atomic E-state index is 0.384. The Hall–Kier alpha value is -1.96. The van der Waals surface area contributed by atoms with E-state index < -0.39 is 36.8 Å². The van der Waals surface area contributed by atoms with Gasteiger partial charge in [0.05, 0.1) is 5.56 Å². The standard InChI is InChI=1S/C11H9BrFNO5/c12-6-1-2-7(8(13)3-6)11(19)14(4-9(15)16)5-10(17)18/h1-3H,4-5H2,(H,15,16)(H,17,18). The molecule has 0 aliphatic rings. The van der Waals surface area contributed by atoms with Gasteiger partial charge in [-0.25, -0.2) is 4.39 Å². The van der Waals surface area contributed by atoms with Crippen LogP contribution in [0.1, 0.15) is 10.4 Å². The molecule has 1 aromatic rings. The molecule has 102 valence electrons. The Kier molecular flexibility index (Phi) is 4.99. The number of hydrogen-bond donors (Lipinski definition) is 2. The molecule has 2 N–H and O–H groups in total. The van der Waals surface area contributed by atoms with Crippen LogP contribution in [0.4, 0.5) is 4.39 Å². The van der Waals surface area contributed by atoms with Gasteiger partial charge in [-0.1, -0.05) is 15.9 Å². The Bertz CT molecular complexity index is 518. The first-order valence-electron chi connectivity index (χ1n) is 4.99. The molecule has 0 saturated heterocycles. The largest absolute Gasteiger partial charge is 0.480 e. The van der Waals surface area contributed by atoms with Crippen molar-refractivity contribution in [2.45, 2.75) is 0 Å². The van der Waals surface area contributed by atoms with Crippen LogP contribution in [0.25, 0.3) is 0 Å². The monoisotopic (exact) mass is 333 g/mol. The summed E-state index contributed by atoms with van der Waals surface area (Å²) in [6, 6.07) is 3.58. The van der Waals surface area contributed by atoms with E-state index in [1.807, 2.05) is 0 Å². The van der Waals surface area contributed by atoms with Crippen molar-refractivity contribution in [1.29, 1.82) is 0 Å². The predicted octanol–water partition coefficient (Wildman–Crippen LogP) is 1.20. The van der Waals surface area contributed by atoms with Crippen LogP contribution in [0, 0.1) is 5.82 Å². The minimum Gasteiger partial charge on any atom is -0.480 e. The molecule has 1 rings (SSSR count). The van der Waals surface area contributed by atoms with Crippen molar-refractivity contribution in [2.24, 2.45) is 0 Å². The van der Waals surface area contributed by atoms with Gasteiger partial charge < -0.3 is 15.1 Å². The molecular formula is C11H9BrFNO5. The molecule has 0 heterocycles. The average Bonchev–Trinajstić information content (AvgIpc) is 2.26. The van der Waals surface area contributed by atoms with E-state index in [4.69, 9.17) is 10.2 Å². The normalized spacial score (nSPS) is 10.0. The summed E-state index contributed by atoms with van der Waals surface area (Å²) in [7, 11) is 0. The summed E-state index contributed by atoms with van der Waals surface area (Å²) in [6.45, 7) is -1.64. The Morgan fingerprint density at radius 1 is 1.16 bits per heavy atom. The van der Waals surface area contributed by atoms with Gasteiger partial charge in [0.2, 0.25) is 0 Å². The fourth-order valence-electron chi connectivity index (χ4n) is 1.36. The lowest BCUT2D eigenvalue weighted by atomic mass is 10.2. The van der Waals surface area contributed by atoms with Crippen molar-refractivity contribution >= 4 is 33.8 Å². The van der Waals surface area contributed by atoms with Crippen LogP contribution in [0.2, 0.25) is 0 Å². The first-order valence-corrected chi connectivity index (χ1v) is 5.78. The van der Waals surface area contributed by atoms with E-state index in [0.717, 1.165) is 12.1 Å². The number of carbonyl (C=O) groups excluding carboxylic acids is 1. The van der Waals surface area contributed by atoms with E-state index in [1.165, 1.54) is 6.07 Å². The predicted molar refractivity (Wildman–Crippen MR) is 65.3 cm³/mol. The highest BCUT2D eigenvalue weighted by atomic mass is 79.9. The van der Waals surface area contributed by atoms with E-state index in [-0.39, 0.29) is 5.56 Å². The summed E-state index contributed by atoms with van der Waals surface area (Å²) in [5.74, 6) is -4.62. The van der Waals surface area contributed by atoms with Gasteiger partial charge >= 0.3 is 11.9 Å². The summed E-state index contributed by atoms with van der Waals surface area (Å²) < 4.78 is 14.0. The second kappa shape index (κ2) is 6.28. The van der Waals surface area contributed by atoms with Gasteiger partial charge in [0, 0.05) is 4.47 Å². The maximum absolute atomic E-state index is 13.6. The summed E-state index contributed by atoms with van der Waals surface area (Å²) in [6.07, 6.45) is 0. The van der Waals surface area contributed by atoms with Crippen LogP contribution in [-0.4, -0.2) is 46.0 Å². The Balaban J connectivity index is 3.04. The van der Waals surface area contributed by atoms with Crippen LogP contribution in [-0.2, 0) is 9.59 Å². The Morgan fingerprint density at radius 3 is 2.11 bits per heavy atom. The molecule has 0 fully saturated rings. The number of carboxylic acid groups (broad SMARTS) is 2. The number of carbonyl (C=O) groups is 3. The zero-order valence-electron chi connectivity index (χ0n) is 9.47. The van der Waals surface area contributed by atoms with Crippen molar-refractivity contribution in [1.82, 2.24) is 4.90 Å². The number of carboxylic acids is 2. The number of rotatable bonds is 5. The summed E-state index contributed by atoms with van der Waals surface area (Å²) in [5.41, 5.74) is -0.384. The molecule has 0 aliphatic carbocycles. The molecule has 0 bridgehead atoms. The van der Waals surface area contributed by atoms with Crippen molar-refractivity contribution < 1.29 is 29.0 Å². The van der Waals surface area contributed by atoms with Gasteiger partial charge in [-0.2, -0.15) is 0 Å². The second-order valence-corrected chi connectivity index (χ2v) is 4.49. The van der Waals surface area contributed by atoms with Crippen molar-refractivity contribution in [3.05, 3.63) is 34.1 Å². The zero-order chi connectivity index (χ0) is 14.6. The molecule has 0 aromatic heterocycles. The topological polar surface area (TPSA) is 94.9 Å². The highest BCUT2D eigenvalue weighted by molar-refractivity contribution is 9.10. The van der Waals surface area contributed by atoms with Crippen molar-refractivity contribution in [2.75, 3.05) is 13.1 Å². The van der Waals surface area contributed by atoms with Crippen LogP contribution in [0.5, 0.6) is 0 Å². The Morgan fingerprint density at radius 2 is 1.68 bits per heavy atom. The van der Waals surface area contributed by atoms with Gasteiger partial charge in [0.15, 0.2) is 0 Å². The van der Waals surface area contributed by atoms with E-state index in [0.29, 0.717) is 9.37 Å². The van der Waals surface area contributed by atoms with Crippen molar-refractivity contribution in [3.8, 4) is 0 Å². The first-order chi connectivity index (χ1) is 8.81. The fourth-order valence-corrected chi connectivity index (χ4v) is 1.69. The van der Waals surface area contributed by atoms with Gasteiger partial charge in [-0.05, 0) is 18.2 Å². The highest BCUT2D eigenvalue weighted by Crippen LogP contribution is 2.16. The lowest BCUT2D eigenvalue weighted by Gasteiger charge is -2.18. The fraction of sp³-hybridized carbons (Fsp3) is 0.182. The molecule has 0 saturated carbocycles. The Labute approximate surface area is 115 Å². The lowest BCUT2D eigenvalue weighted by molar-refractivity contribution is -0.140. The third-order valence-electron chi connectivity index (χ3n) is 2.10. The summed E-state index contributed by atoms with van der Waals surface area (Å²) in [4.78, 5) is 33.6. The molecule has 1 aromatic carbocycles. The number of nitrogens with zero attached hydrogens (tertiary/aromatic N) is 1. The van der Waals surface area contributed by atoms with Gasteiger partial charge in [-0.3, -0.25) is 14.4 Å². The van der Waals surface area contributed by atoms with Crippen molar-refractivity contribution in [3.63, 3.8) is 0 Å². The maximum atomic E-state index is 13.6. The van der Waals surface area contributed by atoms with Gasteiger partial charge in [-0.15, -0.1) is 0 Å². The van der Waals surface area contributed by atoms with Crippen LogP contribution < -0.4 is 0 Å². The van der Waals surface area contributed by atoms with E-state index in [9.17, 15) is 18.8 Å². The number of halogens is 2. The molecule has 6 nitrogen and oxygen atoms in total. The second-order valence-electron chi connectivity index (χ2n) is 3.57. The van der Waals surface area contributed by atoms with Crippen LogP contribution in [0.15, 0.2) is 22.7 Å². The summed E-state index contributed by atoms with van der Waals surface area (Å²) in [5, 5.41) is 17.2. The highest BCUT2D eigenvalue weighted by Gasteiger charge is 2.23. The minimum atomic E-state index is -1.38. The smallest absolute Gasteiger partial charge is 0.323 e.